The van der Waals surface area contributed by atoms with E-state index in [0.717, 1.165) is 6.42 Å². The van der Waals surface area contributed by atoms with Crippen LogP contribution in [-0.2, 0) is 11.2 Å². The molecule has 1 aromatic carbocycles. The van der Waals surface area contributed by atoms with Gasteiger partial charge in [-0.3, -0.25) is 4.79 Å². The number of hydrogen-bond acceptors (Lipinski definition) is 7. The summed E-state index contributed by atoms with van der Waals surface area (Å²) in [6.07, 6.45) is 0.876. The third-order valence-corrected chi connectivity index (χ3v) is 7.64. The SMILES string of the molecule is O=C(CSc1nnc(-c2ccc(F)cc2)o1)N1CCc2sccc2[C@H]1c1cccs1. The first-order valence-electron chi connectivity index (χ1n) is 9.30. The van der Waals surface area contributed by atoms with Crippen LogP contribution < -0.4 is 0 Å². The van der Waals surface area contributed by atoms with Crippen molar-refractivity contribution in [3.05, 3.63) is 74.4 Å². The maximum atomic E-state index is 13.1. The number of aromatic nitrogens is 2. The molecule has 1 aliphatic rings. The average molecular weight is 458 g/mol. The third kappa shape index (κ3) is 3.80. The minimum Gasteiger partial charge on any atom is -0.411 e. The second kappa shape index (κ2) is 8.33. The Balaban J connectivity index is 1.30. The molecule has 5 rings (SSSR count). The second-order valence-electron chi connectivity index (χ2n) is 6.72. The molecule has 0 saturated carbocycles. The van der Waals surface area contributed by atoms with Gasteiger partial charge in [0.25, 0.3) is 5.22 Å². The molecule has 0 N–H and O–H groups in total. The van der Waals surface area contributed by atoms with Gasteiger partial charge in [0.1, 0.15) is 5.82 Å². The topological polar surface area (TPSA) is 59.2 Å². The molecular weight excluding hydrogens is 441 g/mol. The number of rotatable bonds is 5. The Morgan fingerprint density at radius 2 is 2.03 bits per heavy atom. The lowest BCUT2D eigenvalue weighted by molar-refractivity contribution is -0.130. The predicted molar refractivity (Wildman–Crippen MR) is 116 cm³/mol. The normalized spacial score (nSPS) is 15.9. The first-order chi connectivity index (χ1) is 14.7. The number of carbonyl (C=O) groups is 1. The van der Waals surface area contributed by atoms with E-state index in [0.29, 0.717) is 23.2 Å². The van der Waals surface area contributed by atoms with Gasteiger partial charge in [-0.2, -0.15) is 0 Å². The Morgan fingerprint density at radius 1 is 1.17 bits per heavy atom. The minimum atomic E-state index is -0.325. The lowest BCUT2D eigenvalue weighted by Crippen LogP contribution is -2.40. The number of thiophene rings is 2. The molecule has 0 fully saturated rings. The van der Waals surface area contributed by atoms with E-state index in [2.05, 4.69) is 27.7 Å². The number of carbonyl (C=O) groups excluding carboxylic acids is 1. The minimum absolute atomic E-state index is 0.0365. The Bertz CT molecular complexity index is 1150. The van der Waals surface area contributed by atoms with Crippen LogP contribution in [0.15, 0.2) is 62.9 Å². The molecular formula is C21H16FN3O2S3. The van der Waals surface area contributed by atoms with Crippen LogP contribution in [0.5, 0.6) is 0 Å². The summed E-state index contributed by atoms with van der Waals surface area (Å²) in [5, 5.41) is 12.5. The summed E-state index contributed by atoms with van der Waals surface area (Å²) >= 11 is 4.65. The maximum absolute atomic E-state index is 13.1. The Labute approximate surface area is 184 Å². The molecule has 4 heterocycles. The molecule has 5 nitrogen and oxygen atoms in total. The van der Waals surface area contributed by atoms with E-state index in [4.69, 9.17) is 4.42 Å². The van der Waals surface area contributed by atoms with Crippen molar-refractivity contribution in [1.82, 2.24) is 15.1 Å². The van der Waals surface area contributed by atoms with Crippen molar-refractivity contribution in [2.45, 2.75) is 17.7 Å². The van der Waals surface area contributed by atoms with Gasteiger partial charge in [-0.25, -0.2) is 4.39 Å². The van der Waals surface area contributed by atoms with Crippen molar-refractivity contribution in [3.63, 3.8) is 0 Å². The van der Waals surface area contributed by atoms with E-state index < -0.39 is 0 Å². The molecule has 0 unspecified atom stereocenters. The third-order valence-electron chi connectivity index (χ3n) is 4.92. The molecule has 0 radical (unpaired) electrons. The van der Waals surface area contributed by atoms with Crippen LogP contribution in [0.4, 0.5) is 4.39 Å². The van der Waals surface area contributed by atoms with Gasteiger partial charge >= 0.3 is 0 Å². The Morgan fingerprint density at radius 3 is 2.83 bits per heavy atom. The highest BCUT2D eigenvalue weighted by Crippen LogP contribution is 2.40. The van der Waals surface area contributed by atoms with Crippen LogP contribution in [0.2, 0.25) is 0 Å². The van der Waals surface area contributed by atoms with Gasteiger partial charge in [-0.1, -0.05) is 17.8 Å². The summed E-state index contributed by atoms with van der Waals surface area (Å²) in [4.78, 5) is 17.6. The highest BCUT2D eigenvalue weighted by Gasteiger charge is 2.33. The monoisotopic (exact) mass is 457 g/mol. The number of nitrogens with zero attached hydrogens (tertiary/aromatic N) is 3. The van der Waals surface area contributed by atoms with Gasteiger partial charge in [-0.15, -0.1) is 32.9 Å². The molecule has 4 aromatic rings. The number of halogens is 1. The van der Waals surface area contributed by atoms with Gasteiger partial charge in [-0.05, 0) is 59.1 Å². The van der Waals surface area contributed by atoms with Gasteiger partial charge in [0.2, 0.25) is 11.8 Å². The van der Waals surface area contributed by atoms with Gasteiger partial charge in [0, 0.05) is 21.9 Å². The van der Waals surface area contributed by atoms with E-state index in [9.17, 15) is 9.18 Å². The smallest absolute Gasteiger partial charge is 0.277 e. The molecule has 1 amide bonds. The fourth-order valence-electron chi connectivity index (χ4n) is 3.52. The van der Waals surface area contributed by atoms with E-state index in [1.807, 2.05) is 16.3 Å². The van der Waals surface area contributed by atoms with Crippen molar-refractivity contribution in [2.75, 3.05) is 12.3 Å². The summed E-state index contributed by atoms with van der Waals surface area (Å²) < 4.78 is 18.7. The molecule has 0 aliphatic carbocycles. The lowest BCUT2D eigenvalue weighted by Gasteiger charge is -2.35. The van der Waals surface area contributed by atoms with E-state index in [-0.39, 0.29) is 23.5 Å². The van der Waals surface area contributed by atoms with Crippen LogP contribution >= 0.6 is 34.4 Å². The molecule has 0 spiro atoms. The van der Waals surface area contributed by atoms with Crippen LogP contribution in [0.3, 0.4) is 0 Å². The zero-order valence-electron chi connectivity index (χ0n) is 15.7. The van der Waals surface area contributed by atoms with Crippen molar-refractivity contribution in [1.29, 1.82) is 0 Å². The fourth-order valence-corrected chi connectivity index (χ4v) is 5.93. The quantitative estimate of drug-likeness (QED) is 0.382. The predicted octanol–water partition coefficient (Wildman–Crippen LogP) is 5.27. The highest BCUT2D eigenvalue weighted by molar-refractivity contribution is 7.99. The van der Waals surface area contributed by atoms with E-state index >= 15 is 0 Å². The summed E-state index contributed by atoms with van der Waals surface area (Å²) in [5.41, 5.74) is 1.87. The van der Waals surface area contributed by atoms with E-state index in [1.165, 1.54) is 39.2 Å². The van der Waals surface area contributed by atoms with Crippen molar-refractivity contribution in [2.24, 2.45) is 0 Å². The zero-order valence-corrected chi connectivity index (χ0v) is 18.1. The average Bonchev–Trinajstić information content (AvgIpc) is 3.53. The molecule has 3 aromatic heterocycles. The molecule has 30 heavy (non-hydrogen) atoms. The van der Waals surface area contributed by atoms with Crippen LogP contribution in [0.1, 0.15) is 21.4 Å². The zero-order chi connectivity index (χ0) is 20.5. The van der Waals surface area contributed by atoms with Crippen LogP contribution in [-0.4, -0.2) is 33.3 Å². The van der Waals surface area contributed by atoms with Crippen LogP contribution in [0.25, 0.3) is 11.5 Å². The Kier molecular flexibility index (Phi) is 5.41. The fraction of sp³-hybridized carbons (Fsp3) is 0.190. The van der Waals surface area contributed by atoms with E-state index in [1.54, 1.807) is 34.8 Å². The number of fused-ring (bicyclic) bond motifs is 1. The van der Waals surface area contributed by atoms with Crippen molar-refractivity contribution in [3.8, 4) is 11.5 Å². The molecule has 1 atom stereocenters. The number of hydrogen-bond donors (Lipinski definition) is 0. The largest absolute Gasteiger partial charge is 0.411 e. The molecule has 0 bridgehead atoms. The maximum Gasteiger partial charge on any atom is 0.277 e. The van der Waals surface area contributed by atoms with Crippen LogP contribution in [0, 0.1) is 5.82 Å². The van der Waals surface area contributed by atoms with Gasteiger partial charge in [0.05, 0.1) is 11.8 Å². The molecule has 1 aliphatic heterocycles. The summed E-state index contributed by atoms with van der Waals surface area (Å²) in [5.74, 6) is 0.236. The summed E-state index contributed by atoms with van der Waals surface area (Å²) in [7, 11) is 0. The Hall–Kier alpha value is -2.49. The number of amides is 1. The number of benzene rings is 1. The number of thioether (sulfide) groups is 1. The molecule has 152 valence electrons. The summed E-state index contributed by atoms with van der Waals surface area (Å²) in [6, 6.07) is 12.1. The second-order valence-corrected chi connectivity index (χ2v) is 9.63. The first kappa shape index (κ1) is 19.5. The molecule has 0 saturated heterocycles. The standard InChI is InChI=1S/C21H16FN3O2S3/c22-14-5-3-13(4-6-14)20-23-24-21(27-20)30-12-18(26)25-9-7-16-15(8-11-29-16)19(25)17-2-1-10-28-17/h1-6,8,10-11,19H,7,9,12H2/t19-/m0/s1. The highest BCUT2D eigenvalue weighted by atomic mass is 32.2. The van der Waals surface area contributed by atoms with Gasteiger partial charge in [0.15, 0.2) is 0 Å². The molecule has 9 heteroatoms. The lowest BCUT2D eigenvalue weighted by atomic mass is 9.98. The first-order valence-corrected chi connectivity index (χ1v) is 12.0. The summed E-state index contributed by atoms with van der Waals surface area (Å²) in [6.45, 7) is 0.695. The van der Waals surface area contributed by atoms with Gasteiger partial charge < -0.3 is 9.32 Å². The van der Waals surface area contributed by atoms with Crippen molar-refractivity contribution < 1.29 is 13.6 Å². The van der Waals surface area contributed by atoms with Crippen molar-refractivity contribution >= 4 is 40.3 Å².